The Bertz CT molecular complexity index is 670. The molecule has 0 radical (unpaired) electrons. The minimum absolute atomic E-state index is 0.0676. The van der Waals surface area contributed by atoms with Gasteiger partial charge >= 0.3 is 0 Å². The summed E-state index contributed by atoms with van der Waals surface area (Å²) in [6, 6.07) is 6.54. The van der Waals surface area contributed by atoms with Gasteiger partial charge in [-0.3, -0.25) is 14.4 Å². The molecule has 0 spiro atoms. The van der Waals surface area contributed by atoms with Gasteiger partial charge in [-0.15, -0.1) is 0 Å². The number of carbonyl (C=O) groups excluding carboxylic acids is 3. The molecule has 1 aromatic carbocycles. The molecule has 1 atom stereocenters. The van der Waals surface area contributed by atoms with Crippen molar-refractivity contribution in [3.8, 4) is 5.75 Å². The number of ketones is 1. The molecule has 7 heteroatoms. The van der Waals surface area contributed by atoms with Crippen molar-refractivity contribution in [3.63, 3.8) is 0 Å². The fourth-order valence-corrected chi connectivity index (χ4v) is 2.93. The van der Waals surface area contributed by atoms with E-state index in [0.717, 1.165) is 12.8 Å². The highest BCUT2D eigenvalue weighted by atomic mass is 16.5. The van der Waals surface area contributed by atoms with E-state index in [0.29, 0.717) is 37.4 Å². The summed E-state index contributed by atoms with van der Waals surface area (Å²) in [4.78, 5) is 38.1. The number of rotatable bonds is 7. The summed E-state index contributed by atoms with van der Waals surface area (Å²) in [6.45, 7) is 3.28. The largest absolute Gasteiger partial charge is 0.484 e. The van der Waals surface area contributed by atoms with Crippen LogP contribution in [0, 0.1) is 0 Å². The Morgan fingerprint density at radius 3 is 2.62 bits per heavy atom. The van der Waals surface area contributed by atoms with Crippen molar-refractivity contribution in [2.24, 2.45) is 0 Å². The molecule has 26 heavy (non-hydrogen) atoms. The first-order valence-electron chi connectivity index (χ1n) is 9.15. The maximum Gasteiger partial charge on any atom is 0.261 e. The topological polar surface area (TPSA) is 87.7 Å². The standard InChI is InChI=1S/C19H25N3O4/c1-2-17(23)13-3-7-15(8-4-13)26-12-18(24)22-10-9-20-11-16(22)19(25)21-14-5-6-14/h3-4,7-8,14,16,20H,2,5-6,9-12H2,1H3,(H,21,25)/t16-/m0/s1. The molecule has 3 rings (SSSR count). The van der Waals surface area contributed by atoms with Crippen LogP contribution >= 0.6 is 0 Å². The van der Waals surface area contributed by atoms with Crippen LogP contribution in [0.15, 0.2) is 24.3 Å². The number of amides is 2. The molecule has 2 aliphatic rings. The van der Waals surface area contributed by atoms with Crippen LogP contribution in [0.25, 0.3) is 0 Å². The number of nitrogens with zero attached hydrogens (tertiary/aromatic N) is 1. The third kappa shape index (κ3) is 4.60. The van der Waals surface area contributed by atoms with Gasteiger partial charge in [0.25, 0.3) is 5.91 Å². The summed E-state index contributed by atoms with van der Waals surface area (Å²) >= 11 is 0. The Labute approximate surface area is 153 Å². The number of hydrogen-bond acceptors (Lipinski definition) is 5. The van der Waals surface area contributed by atoms with Gasteiger partial charge in [-0.1, -0.05) is 6.92 Å². The predicted octanol–water partition coefficient (Wildman–Crippen LogP) is 0.737. The number of benzene rings is 1. The van der Waals surface area contributed by atoms with Gasteiger partial charge in [0, 0.05) is 37.7 Å². The first-order chi connectivity index (χ1) is 12.6. The van der Waals surface area contributed by atoms with E-state index < -0.39 is 6.04 Å². The highest BCUT2D eigenvalue weighted by Crippen LogP contribution is 2.19. The van der Waals surface area contributed by atoms with E-state index in [1.165, 1.54) is 0 Å². The van der Waals surface area contributed by atoms with Gasteiger partial charge in [-0.05, 0) is 37.1 Å². The lowest BCUT2D eigenvalue weighted by molar-refractivity contribution is -0.143. The second-order valence-corrected chi connectivity index (χ2v) is 6.68. The minimum atomic E-state index is -0.495. The van der Waals surface area contributed by atoms with Crippen LogP contribution < -0.4 is 15.4 Å². The van der Waals surface area contributed by atoms with E-state index in [1.807, 2.05) is 6.92 Å². The van der Waals surface area contributed by atoms with E-state index in [4.69, 9.17) is 4.74 Å². The van der Waals surface area contributed by atoms with Gasteiger partial charge in [0.1, 0.15) is 11.8 Å². The zero-order valence-corrected chi connectivity index (χ0v) is 15.0. The van der Waals surface area contributed by atoms with Gasteiger partial charge in [-0.25, -0.2) is 0 Å². The molecule has 2 N–H and O–H groups in total. The Morgan fingerprint density at radius 2 is 1.96 bits per heavy atom. The molecule has 1 saturated carbocycles. The average molecular weight is 359 g/mol. The number of carbonyl (C=O) groups is 3. The van der Waals surface area contributed by atoms with Crippen molar-refractivity contribution < 1.29 is 19.1 Å². The summed E-state index contributed by atoms with van der Waals surface area (Å²) in [7, 11) is 0. The van der Waals surface area contributed by atoms with E-state index in [9.17, 15) is 14.4 Å². The van der Waals surface area contributed by atoms with Crippen molar-refractivity contribution in [3.05, 3.63) is 29.8 Å². The monoisotopic (exact) mass is 359 g/mol. The van der Waals surface area contributed by atoms with Gasteiger partial charge < -0.3 is 20.3 Å². The zero-order valence-electron chi connectivity index (χ0n) is 15.0. The van der Waals surface area contributed by atoms with E-state index in [-0.39, 0.29) is 30.2 Å². The minimum Gasteiger partial charge on any atom is -0.484 e. The molecule has 7 nitrogen and oxygen atoms in total. The Balaban J connectivity index is 1.55. The Morgan fingerprint density at radius 1 is 1.23 bits per heavy atom. The Kier molecular flexibility index (Phi) is 5.88. The molecule has 0 bridgehead atoms. The molecule has 1 aliphatic carbocycles. The van der Waals surface area contributed by atoms with Crippen LogP contribution in [-0.4, -0.2) is 60.8 Å². The molecule has 140 valence electrons. The van der Waals surface area contributed by atoms with Gasteiger partial charge in [-0.2, -0.15) is 0 Å². The SMILES string of the molecule is CCC(=O)c1ccc(OCC(=O)N2CCNC[C@H]2C(=O)NC2CC2)cc1. The second-order valence-electron chi connectivity index (χ2n) is 6.68. The molecule has 2 amide bonds. The quantitative estimate of drug-likeness (QED) is 0.701. The summed E-state index contributed by atoms with van der Waals surface area (Å²) in [5.74, 6) is 0.282. The number of Topliss-reactive ketones (excluding diaryl/α,β-unsaturated/α-hetero) is 1. The van der Waals surface area contributed by atoms with Crippen LogP contribution in [0.3, 0.4) is 0 Å². The van der Waals surface area contributed by atoms with Crippen molar-refractivity contribution in [2.45, 2.75) is 38.3 Å². The van der Waals surface area contributed by atoms with Crippen molar-refractivity contribution in [2.75, 3.05) is 26.2 Å². The molecular formula is C19H25N3O4. The third-order valence-corrected chi connectivity index (χ3v) is 4.65. The molecule has 2 fully saturated rings. The van der Waals surface area contributed by atoms with E-state index in [1.54, 1.807) is 29.2 Å². The third-order valence-electron chi connectivity index (χ3n) is 4.65. The maximum absolute atomic E-state index is 12.5. The number of hydrogen-bond donors (Lipinski definition) is 2. The molecule has 1 aromatic rings. The van der Waals surface area contributed by atoms with Crippen LogP contribution in [0.4, 0.5) is 0 Å². The van der Waals surface area contributed by atoms with Crippen LogP contribution in [0.5, 0.6) is 5.75 Å². The van der Waals surface area contributed by atoms with Gasteiger partial charge in [0.2, 0.25) is 5.91 Å². The van der Waals surface area contributed by atoms with Gasteiger partial charge in [0.15, 0.2) is 12.4 Å². The normalized spacial score (nSPS) is 19.7. The fraction of sp³-hybridized carbons (Fsp3) is 0.526. The van der Waals surface area contributed by atoms with Crippen molar-refractivity contribution >= 4 is 17.6 Å². The maximum atomic E-state index is 12.5. The first kappa shape index (κ1) is 18.4. The first-order valence-corrected chi connectivity index (χ1v) is 9.15. The van der Waals surface area contributed by atoms with E-state index in [2.05, 4.69) is 10.6 Å². The van der Waals surface area contributed by atoms with Gasteiger partial charge in [0.05, 0.1) is 0 Å². The van der Waals surface area contributed by atoms with Crippen LogP contribution in [0.2, 0.25) is 0 Å². The summed E-state index contributed by atoms with van der Waals surface area (Å²) in [5.41, 5.74) is 0.630. The molecule has 0 aromatic heterocycles. The summed E-state index contributed by atoms with van der Waals surface area (Å²) in [6.07, 6.45) is 2.48. The van der Waals surface area contributed by atoms with Crippen LogP contribution in [-0.2, 0) is 9.59 Å². The highest BCUT2D eigenvalue weighted by Gasteiger charge is 2.34. The smallest absolute Gasteiger partial charge is 0.261 e. The lowest BCUT2D eigenvalue weighted by Gasteiger charge is -2.35. The zero-order chi connectivity index (χ0) is 18.5. The molecular weight excluding hydrogens is 334 g/mol. The second kappa shape index (κ2) is 8.31. The molecule has 1 saturated heterocycles. The lowest BCUT2D eigenvalue weighted by Crippen LogP contribution is -2.60. The van der Waals surface area contributed by atoms with E-state index >= 15 is 0 Å². The molecule has 1 aliphatic heterocycles. The summed E-state index contributed by atoms with van der Waals surface area (Å²) in [5, 5.41) is 6.12. The van der Waals surface area contributed by atoms with Crippen molar-refractivity contribution in [1.29, 1.82) is 0 Å². The average Bonchev–Trinajstić information content (AvgIpc) is 3.49. The number of nitrogens with one attached hydrogen (secondary N) is 2. The van der Waals surface area contributed by atoms with Crippen molar-refractivity contribution in [1.82, 2.24) is 15.5 Å². The summed E-state index contributed by atoms with van der Waals surface area (Å²) < 4.78 is 5.56. The molecule has 1 heterocycles. The molecule has 0 unspecified atom stereocenters. The predicted molar refractivity (Wildman–Crippen MR) is 96.1 cm³/mol. The Hall–Kier alpha value is -2.41. The van der Waals surface area contributed by atoms with Crippen LogP contribution in [0.1, 0.15) is 36.5 Å². The number of piperazine rings is 1. The number of ether oxygens (including phenoxy) is 1. The highest BCUT2D eigenvalue weighted by molar-refractivity contribution is 5.95. The fourth-order valence-electron chi connectivity index (χ4n) is 2.93. The lowest BCUT2D eigenvalue weighted by atomic mass is 10.1.